The van der Waals surface area contributed by atoms with Gasteiger partial charge in [-0.15, -0.1) is 0 Å². The summed E-state index contributed by atoms with van der Waals surface area (Å²) in [6.07, 6.45) is 5.73. The van der Waals surface area contributed by atoms with Gasteiger partial charge in [0.1, 0.15) is 5.82 Å². The van der Waals surface area contributed by atoms with Gasteiger partial charge in [0.25, 0.3) is 0 Å². The Bertz CT molecular complexity index is 416. The first-order chi connectivity index (χ1) is 9.19. The Balaban J connectivity index is 1.92. The van der Waals surface area contributed by atoms with E-state index < -0.39 is 0 Å². The minimum absolute atomic E-state index is 0.133. The molecule has 3 N–H and O–H groups in total. The van der Waals surface area contributed by atoms with Crippen LogP contribution in [0.4, 0.5) is 11.8 Å². The standard InChI is InChI=1S/C13H21BrN4O/c1-2-15-13-17-8-11(14)12(18-13)16-7-9-4-3-5-10(19)6-9/h8-10,19H,2-7H2,1H3,(H2,15,16,17,18). The van der Waals surface area contributed by atoms with E-state index in [-0.39, 0.29) is 6.10 Å². The van der Waals surface area contributed by atoms with Crippen LogP contribution in [0.1, 0.15) is 32.6 Å². The molecule has 1 aromatic heterocycles. The van der Waals surface area contributed by atoms with Gasteiger partial charge in [0.05, 0.1) is 10.6 Å². The molecule has 0 aliphatic heterocycles. The molecule has 1 aliphatic carbocycles. The monoisotopic (exact) mass is 328 g/mol. The third-order valence-electron chi connectivity index (χ3n) is 3.39. The Hall–Kier alpha value is -0.880. The van der Waals surface area contributed by atoms with Crippen LogP contribution in [0, 0.1) is 5.92 Å². The lowest BCUT2D eigenvalue weighted by Gasteiger charge is -2.26. The number of aromatic nitrogens is 2. The second-order valence-electron chi connectivity index (χ2n) is 4.99. The summed E-state index contributed by atoms with van der Waals surface area (Å²) < 4.78 is 0.866. The van der Waals surface area contributed by atoms with Crippen LogP contribution in [-0.2, 0) is 0 Å². The lowest BCUT2D eigenvalue weighted by Crippen LogP contribution is -2.25. The second kappa shape index (κ2) is 7.05. The van der Waals surface area contributed by atoms with Crippen molar-refractivity contribution in [1.82, 2.24) is 9.97 Å². The molecule has 2 atom stereocenters. The maximum Gasteiger partial charge on any atom is 0.224 e. The van der Waals surface area contributed by atoms with E-state index in [4.69, 9.17) is 0 Å². The van der Waals surface area contributed by atoms with E-state index in [0.29, 0.717) is 11.9 Å². The molecule has 0 spiro atoms. The quantitative estimate of drug-likeness (QED) is 0.775. The average Bonchev–Trinajstić information content (AvgIpc) is 2.40. The normalized spacial score (nSPS) is 23.1. The van der Waals surface area contributed by atoms with Crippen LogP contribution in [0.3, 0.4) is 0 Å². The van der Waals surface area contributed by atoms with Crippen molar-refractivity contribution < 1.29 is 5.11 Å². The first-order valence-electron chi connectivity index (χ1n) is 6.87. The number of aliphatic hydroxyl groups is 1. The second-order valence-corrected chi connectivity index (χ2v) is 5.84. The molecular weight excluding hydrogens is 308 g/mol. The van der Waals surface area contributed by atoms with Crippen LogP contribution in [0.15, 0.2) is 10.7 Å². The number of aliphatic hydroxyl groups excluding tert-OH is 1. The number of rotatable bonds is 5. The van der Waals surface area contributed by atoms with Gasteiger partial charge < -0.3 is 15.7 Å². The van der Waals surface area contributed by atoms with Gasteiger partial charge in [-0.3, -0.25) is 0 Å². The smallest absolute Gasteiger partial charge is 0.224 e. The predicted octanol–water partition coefficient (Wildman–Crippen LogP) is 2.63. The van der Waals surface area contributed by atoms with Gasteiger partial charge in [-0.05, 0) is 48.0 Å². The molecule has 0 amide bonds. The summed E-state index contributed by atoms with van der Waals surface area (Å²) in [6, 6.07) is 0. The SMILES string of the molecule is CCNc1ncc(Br)c(NCC2CCCC(O)C2)n1. The maximum absolute atomic E-state index is 9.67. The first-order valence-corrected chi connectivity index (χ1v) is 7.66. The number of nitrogens with zero attached hydrogens (tertiary/aromatic N) is 2. The van der Waals surface area contributed by atoms with Gasteiger partial charge in [-0.1, -0.05) is 6.42 Å². The minimum atomic E-state index is -0.133. The van der Waals surface area contributed by atoms with Crippen molar-refractivity contribution in [1.29, 1.82) is 0 Å². The highest BCUT2D eigenvalue weighted by Gasteiger charge is 2.20. The molecule has 1 aromatic rings. The fraction of sp³-hybridized carbons (Fsp3) is 0.692. The van der Waals surface area contributed by atoms with Crippen molar-refractivity contribution >= 4 is 27.7 Å². The molecule has 19 heavy (non-hydrogen) atoms. The van der Waals surface area contributed by atoms with E-state index in [0.717, 1.165) is 42.6 Å². The largest absolute Gasteiger partial charge is 0.393 e. The zero-order valence-electron chi connectivity index (χ0n) is 11.2. The fourth-order valence-corrected chi connectivity index (χ4v) is 2.75. The van der Waals surface area contributed by atoms with Gasteiger partial charge in [-0.25, -0.2) is 4.98 Å². The first kappa shape index (κ1) is 14.5. The number of anilines is 2. The molecule has 1 saturated carbocycles. The molecule has 0 saturated heterocycles. The van der Waals surface area contributed by atoms with Gasteiger partial charge in [0, 0.05) is 19.3 Å². The summed E-state index contributed by atoms with van der Waals surface area (Å²) >= 11 is 3.45. The topological polar surface area (TPSA) is 70.1 Å². The average molecular weight is 329 g/mol. The molecule has 6 heteroatoms. The Morgan fingerprint density at radius 3 is 3.00 bits per heavy atom. The molecule has 1 aliphatic rings. The molecule has 0 radical (unpaired) electrons. The number of halogens is 1. The third kappa shape index (κ3) is 4.31. The maximum atomic E-state index is 9.67. The third-order valence-corrected chi connectivity index (χ3v) is 3.97. The molecule has 2 rings (SSSR count). The fourth-order valence-electron chi connectivity index (χ4n) is 2.42. The summed E-state index contributed by atoms with van der Waals surface area (Å²) in [7, 11) is 0. The highest BCUT2D eigenvalue weighted by molar-refractivity contribution is 9.10. The van der Waals surface area contributed by atoms with Crippen molar-refractivity contribution in [3.8, 4) is 0 Å². The van der Waals surface area contributed by atoms with Crippen LogP contribution in [0.2, 0.25) is 0 Å². The highest BCUT2D eigenvalue weighted by atomic mass is 79.9. The summed E-state index contributed by atoms with van der Waals surface area (Å²) in [4.78, 5) is 8.61. The summed E-state index contributed by atoms with van der Waals surface area (Å²) in [6.45, 7) is 3.66. The van der Waals surface area contributed by atoms with E-state index in [1.54, 1.807) is 6.20 Å². The minimum Gasteiger partial charge on any atom is -0.393 e. The molecule has 5 nitrogen and oxygen atoms in total. The van der Waals surface area contributed by atoms with Crippen LogP contribution < -0.4 is 10.6 Å². The van der Waals surface area contributed by atoms with Gasteiger partial charge in [-0.2, -0.15) is 4.98 Å². The lowest BCUT2D eigenvalue weighted by atomic mass is 9.87. The highest BCUT2D eigenvalue weighted by Crippen LogP contribution is 2.26. The van der Waals surface area contributed by atoms with Crippen LogP contribution in [-0.4, -0.2) is 34.3 Å². The van der Waals surface area contributed by atoms with E-state index in [2.05, 4.69) is 36.5 Å². The molecule has 0 bridgehead atoms. The van der Waals surface area contributed by atoms with E-state index in [9.17, 15) is 5.11 Å². The van der Waals surface area contributed by atoms with Crippen LogP contribution in [0.5, 0.6) is 0 Å². The van der Waals surface area contributed by atoms with E-state index >= 15 is 0 Å². The zero-order valence-corrected chi connectivity index (χ0v) is 12.8. The molecular formula is C13H21BrN4O. The molecule has 2 unspecified atom stereocenters. The lowest BCUT2D eigenvalue weighted by molar-refractivity contribution is 0.104. The summed E-state index contributed by atoms with van der Waals surface area (Å²) in [5.74, 6) is 1.97. The van der Waals surface area contributed by atoms with Crippen molar-refractivity contribution in [2.24, 2.45) is 5.92 Å². The van der Waals surface area contributed by atoms with Crippen molar-refractivity contribution in [2.45, 2.75) is 38.7 Å². The summed E-state index contributed by atoms with van der Waals surface area (Å²) in [5, 5.41) is 16.1. The van der Waals surface area contributed by atoms with Gasteiger partial charge >= 0.3 is 0 Å². The number of hydrogen-bond donors (Lipinski definition) is 3. The zero-order chi connectivity index (χ0) is 13.7. The molecule has 1 heterocycles. The van der Waals surface area contributed by atoms with E-state index in [1.807, 2.05) is 6.92 Å². The summed E-state index contributed by atoms with van der Waals surface area (Å²) in [5.41, 5.74) is 0. The number of nitrogens with one attached hydrogen (secondary N) is 2. The van der Waals surface area contributed by atoms with E-state index in [1.165, 1.54) is 6.42 Å². The Morgan fingerprint density at radius 1 is 1.42 bits per heavy atom. The van der Waals surface area contributed by atoms with Crippen LogP contribution >= 0.6 is 15.9 Å². The van der Waals surface area contributed by atoms with Crippen molar-refractivity contribution in [3.05, 3.63) is 10.7 Å². The van der Waals surface area contributed by atoms with Crippen LogP contribution in [0.25, 0.3) is 0 Å². The molecule has 1 fully saturated rings. The Labute approximate surface area is 122 Å². The Morgan fingerprint density at radius 2 is 2.26 bits per heavy atom. The number of hydrogen-bond acceptors (Lipinski definition) is 5. The molecule has 106 valence electrons. The van der Waals surface area contributed by atoms with Crippen molar-refractivity contribution in [3.63, 3.8) is 0 Å². The van der Waals surface area contributed by atoms with Crippen molar-refractivity contribution in [2.75, 3.05) is 23.7 Å². The Kier molecular flexibility index (Phi) is 5.39. The van der Waals surface area contributed by atoms with Gasteiger partial charge in [0.15, 0.2) is 0 Å². The van der Waals surface area contributed by atoms with Gasteiger partial charge in [0.2, 0.25) is 5.95 Å². The predicted molar refractivity (Wildman–Crippen MR) is 80.4 cm³/mol. The molecule has 0 aromatic carbocycles.